The molecule has 1 aromatic carbocycles. The molecule has 0 aromatic heterocycles. The summed E-state index contributed by atoms with van der Waals surface area (Å²) in [6.07, 6.45) is 2.49. The number of halogens is 1. The van der Waals surface area contributed by atoms with Crippen LogP contribution in [0.1, 0.15) is 44.7 Å². The summed E-state index contributed by atoms with van der Waals surface area (Å²) in [6, 6.07) is 8.67. The first-order valence-electron chi connectivity index (χ1n) is 8.57. The molecule has 0 bridgehead atoms. The first kappa shape index (κ1) is 20.9. The Morgan fingerprint density at radius 1 is 1.25 bits per heavy atom. The lowest BCUT2D eigenvalue weighted by atomic mass is 9.83. The zero-order chi connectivity index (χ0) is 16.9. The molecule has 0 unspecified atom stereocenters. The van der Waals surface area contributed by atoms with Crippen LogP contribution in [0.5, 0.6) is 0 Å². The van der Waals surface area contributed by atoms with Crippen LogP contribution in [0.4, 0.5) is 0 Å². The highest BCUT2D eigenvalue weighted by Crippen LogP contribution is 2.25. The summed E-state index contributed by atoms with van der Waals surface area (Å²) in [5.41, 5.74) is 1.80. The highest BCUT2D eigenvalue weighted by atomic mass is 35.5. The Kier molecular flexibility index (Phi) is 7.71. The Morgan fingerprint density at radius 2 is 1.83 bits per heavy atom. The average Bonchev–Trinajstić information content (AvgIpc) is 2.60. The number of nitrogens with one attached hydrogen (secondary N) is 2. The fraction of sp³-hybridized carbons (Fsp3) is 0.632. The minimum absolute atomic E-state index is 0. The van der Waals surface area contributed by atoms with Crippen molar-refractivity contribution in [1.82, 2.24) is 10.6 Å². The first-order chi connectivity index (χ1) is 10.9. The van der Waals surface area contributed by atoms with Gasteiger partial charge in [0.25, 0.3) is 5.91 Å². The van der Waals surface area contributed by atoms with Crippen molar-refractivity contribution >= 4 is 18.3 Å². The minimum atomic E-state index is -0.673. The molecule has 1 aliphatic rings. The van der Waals surface area contributed by atoms with Crippen molar-refractivity contribution in [2.24, 2.45) is 0 Å². The van der Waals surface area contributed by atoms with Crippen LogP contribution in [0.3, 0.4) is 0 Å². The van der Waals surface area contributed by atoms with Crippen molar-refractivity contribution in [2.45, 2.75) is 51.0 Å². The van der Waals surface area contributed by atoms with Gasteiger partial charge in [-0.25, -0.2) is 0 Å². The number of hydrogen-bond donors (Lipinski definition) is 2. The van der Waals surface area contributed by atoms with E-state index in [-0.39, 0.29) is 23.7 Å². The van der Waals surface area contributed by atoms with E-state index in [9.17, 15) is 4.79 Å². The Hall–Kier alpha value is -1.10. The summed E-state index contributed by atoms with van der Waals surface area (Å²) in [7, 11) is 1.64. The van der Waals surface area contributed by atoms with Crippen LogP contribution in [0.2, 0.25) is 0 Å². The van der Waals surface area contributed by atoms with Crippen LogP contribution in [0.15, 0.2) is 24.3 Å². The predicted molar refractivity (Wildman–Crippen MR) is 101 cm³/mol. The number of ether oxygens (including phenoxy) is 1. The minimum Gasteiger partial charge on any atom is -0.368 e. The lowest BCUT2D eigenvalue weighted by Gasteiger charge is -2.36. The third-order valence-corrected chi connectivity index (χ3v) is 5.05. The summed E-state index contributed by atoms with van der Waals surface area (Å²) in [4.78, 5) is 12.7. The Labute approximate surface area is 152 Å². The second-order valence-corrected chi connectivity index (χ2v) is 7.07. The molecule has 0 atom stereocenters. The number of benzene rings is 1. The molecule has 1 fully saturated rings. The first-order valence-corrected chi connectivity index (χ1v) is 8.57. The van der Waals surface area contributed by atoms with Crippen LogP contribution < -0.4 is 10.6 Å². The molecule has 1 amide bonds. The van der Waals surface area contributed by atoms with E-state index in [0.29, 0.717) is 6.54 Å². The fourth-order valence-corrected chi connectivity index (χ4v) is 3.11. The molecule has 4 nitrogen and oxygen atoms in total. The average molecular weight is 355 g/mol. The predicted octanol–water partition coefficient (Wildman–Crippen LogP) is 2.83. The van der Waals surface area contributed by atoms with E-state index in [1.165, 1.54) is 11.1 Å². The van der Waals surface area contributed by atoms with E-state index in [0.717, 1.165) is 32.4 Å². The van der Waals surface area contributed by atoms with Crippen LogP contribution in [0, 0.1) is 0 Å². The van der Waals surface area contributed by atoms with Crippen LogP contribution >= 0.6 is 12.4 Å². The SMILES string of the molecule is CCc1ccc(C(C)(C)CNC(=O)C2(OC)CCNCC2)cc1.Cl. The normalized spacial score (nSPS) is 17.0. The van der Waals surface area contributed by atoms with Gasteiger partial charge in [0.05, 0.1) is 0 Å². The molecule has 2 rings (SSSR count). The number of carbonyl (C=O) groups excluding carboxylic acids is 1. The largest absolute Gasteiger partial charge is 0.368 e. The molecule has 24 heavy (non-hydrogen) atoms. The quantitative estimate of drug-likeness (QED) is 0.825. The molecule has 0 radical (unpaired) electrons. The zero-order valence-corrected chi connectivity index (χ0v) is 16.1. The van der Waals surface area contributed by atoms with Gasteiger partial charge >= 0.3 is 0 Å². The molecule has 1 heterocycles. The molecular weight excluding hydrogens is 324 g/mol. The van der Waals surface area contributed by atoms with Crippen molar-refractivity contribution < 1.29 is 9.53 Å². The molecule has 0 spiro atoms. The summed E-state index contributed by atoms with van der Waals surface area (Å²) in [5.74, 6) is 0.0137. The number of aryl methyl sites for hydroxylation is 1. The highest BCUT2D eigenvalue weighted by Gasteiger charge is 2.40. The Balaban J connectivity index is 0.00000288. The Morgan fingerprint density at radius 3 is 2.33 bits per heavy atom. The number of piperidine rings is 1. The third-order valence-electron chi connectivity index (χ3n) is 5.05. The number of carbonyl (C=O) groups is 1. The molecule has 136 valence electrons. The van der Waals surface area contributed by atoms with Gasteiger partial charge in [0.2, 0.25) is 0 Å². The fourth-order valence-electron chi connectivity index (χ4n) is 3.11. The maximum atomic E-state index is 12.7. The zero-order valence-electron chi connectivity index (χ0n) is 15.3. The lowest BCUT2D eigenvalue weighted by molar-refractivity contribution is -0.146. The van der Waals surface area contributed by atoms with E-state index in [1.54, 1.807) is 7.11 Å². The number of methoxy groups -OCH3 is 1. The van der Waals surface area contributed by atoms with Gasteiger partial charge in [0, 0.05) is 19.1 Å². The second kappa shape index (κ2) is 8.84. The summed E-state index contributed by atoms with van der Waals surface area (Å²) >= 11 is 0. The van der Waals surface area contributed by atoms with Crippen LogP contribution in [-0.2, 0) is 21.4 Å². The summed E-state index contributed by atoms with van der Waals surface area (Å²) < 4.78 is 5.59. The third kappa shape index (κ3) is 4.71. The highest BCUT2D eigenvalue weighted by molar-refractivity contribution is 5.85. The summed E-state index contributed by atoms with van der Waals surface area (Å²) in [5, 5.41) is 6.40. The van der Waals surface area contributed by atoms with Gasteiger partial charge in [-0.15, -0.1) is 12.4 Å². The van der Waals surface area contributed by atoms with Crippen molar-refractivity contribution in [3.05, 3.63) is 35.4 Å². The van der Waals surface area contributed by atoms with Crippen LogP contribution in [0.25, 0.3) is 0 Å². The molecule has 1 aromatic rings. The molecular formula is C19H31ClN2O2. The van der Waals surface area contributed by atoms with Crippen molar-refractivity contribution in [1.29, 1.82) is 0 Å². The van der Waals surface area contributed by atoms with Gasteiger partial charge in [0.1, 0.15) is 5.60 Å². The smallest absolute Gasteiger partial charge is 0.252 e. The van der Waals surface area contributed by atoms with E-state index in [1.807, 2.05) is 0 Å². The molecule has 1 aliphatic heterocycles. The van der Waals surface area contributed by atoms with Gasteiger partial charge in [0.15, 0.2) is 0 Å². The summed E-state index contributed by atoms with van der Waals surface area (Å²) in [6.45, 7) is 8.73. The van der Waals surface area contributed by atoms with Crippen LogP contribution in [-0.4, -0.2) is 38.3 Å². The maximum Gasteiger partial charge on any atom is 0.252 e. The molecule has 5 heteroatoms. The number of hydrogen-bond acceptors (Lipinski definition) is 3. The van der Waals surface area contributed by atoms with Crippen molar-refractivity contribution in [2.75, 3.05) is 26.7 Å². The van der Waals surface area contributed by atoms with Gasteiger partial charge in [-0.2, -0.15) is 0 Å². The van der Waals surface area contributed by atoms with Crippen molar-refractivity contribution in [3.8, 4) is 0 Å². The van der Waals surface area contributed by atoms with Gasteiger partial charge < -0.3 is 15.4 Å². The molecule has 2 N–H and O–H groups in total. The lowest BCUT2D eigenvalue weighted by Crippen LogP contribution is -2.55. The number of amides is 1. The van der Waals surface area contributed by atoms with Gasteiger partial charge in [-0.3, -0.25) is 4.79 Å². The molecule has 0 aliphatic carbocycles. The van der Waals surface area contributed by atoms with E-state index >= 15 is 0 Å². The second-order valence-electron chi connectivity index (χ2n) is 7.07. The van der Waals surface area contributed by atoms with Gasteiger partial charge in [-0.1, -0.05) is 45.0 Å². The maximum absolute atomic E-state index is 12.7. The molecule has 1 saturated heterocycles. The molecule has 0 saturated carbocycles. The topological polar surface area (TPSA) is 50.4 Å². The van der Waals surface area contributed by atoms with E-state index in [2.05, 4.69) is 55.7 Å². The standard InChI is InChI=1S/C19H30N2O2.ClH/c1-5-15-6-8-16(9-7-15)18(2,3)14-21-17(22)19(23-4)10-12-20-13-11-19;/h6-9,20H,5,10-14H2,1-4H3,(H,21,22);1H. The monoisotopic (exact) mass is 354 g/mol. The van der Waals surface area contributed by atoms with E-state index < -0.39 is 5.60 Å². The van der Waals surface area contributed by atoms with Crippen molar-refractivity contribution in [3.63, 3.8) is 0 Å². The Bertz CT molecular complexity index is 523. The van der Waals surface area contributed by atoms with Gasteiger partial charge in [-0.05, 0) is 43.5 Å². The number of rotatable bonds is 6. The van der Waals surface area contributed by atoms with E-state index in [4.69, 9.17) is 4.74 Å².